The fraction of sp³-hybridized carbons (Fsp3) is 0.316. The Morgan fingerprint density at radius 2 is 2.08 bits per heavy atom. The van der Waals surface area contributed by atoms with Crippen molar-refractivity contribution in [1.29, 1.82) is 0 Å². The summed E-state index contributed by atoms with van der Waals surface area (Å²) in [6.45, 7) is 3.49. The molecular formula is C19H21N5O. The van der Waals surface area contributed by atoms with Crippen LogP contribution in [-0.2, 0) is 4.79 Å². The molecule has 3 aromatic rings. The number of amides is 1. The average molecular weight is 335 g/mol. The van der Waals surface area contributed by atoms with Crippen LogP contribution >= 0.6 is 0 Å². The molecule has 1 fully saturated rings. The summed E-state index contributed by atoms with van der Waals surface area (Å²) in [4.78, 5) is 27.1. The second-order valence-corrected chi connectivity index (χ2v) is 6.52. The summed E-state index contributed by atoms with van der Waals surface area (Å²) < 4.78 is 0. The largest absolute Gasteiger partial charge is 0.342 e. The maximum Gasteiger partial charge on any atom is 0.230 e. The van der Waals surface area contributed by atoms with E-state index in [1.165, 1.54) is 0 Å². The van der Waals surface area contributed by atoms with Crippen LogP contribution in [0.2, 0.25) is 0 Å². The van der Waals surface area contributed by atoms with Gasteiger partial charge in [0.05, 0.1) is 17.0 Å². The molecule has 0 spiro atoms. The predicted molar refractivity (Wildman–Crippen MR) is 98.6 cm³/mol. The summed E-state index contributed by atoms with van der Waals surface area (Å²) in [6, 6.07) is 13.6. The van der Waals surface area contributed by atoms with Crippen molar-refractivity contribution in [3.05, 3.63) is 48.2 Å². The number of benzene rings is 1. The fourth-order valence-corrected chi connectivity index (χ4v) is 3.31. The summed E-state index contributed by atoms with van der Waals surface area (Å²) >= 11 is 0. The van der Waals surface area contributed by atoms with Crippen molar-refractivity contribution in [2.45, 2.75) is 19.8 Å². The molecule has 0 radical (unpaired) electrons. The van der Waals surface area contributed by atoms with Crippen LogP contribution in [0.25, 0.3) is 11.0 Å². The lowest BCUT2D eigenvalue weighted by Crippen LogP contribution is -2.41. The van der Waals surface area contributed by atoms with Gasteiger partial charge < -0.3 is 15.2 Å². The van der Waals surface area contributed by atoms with Gasteiger partial charge in [-0.05, 0) is 44.0 Å². The van der Waals surface area contributed by atoms with Crippen LogP contribution < -0.4 is 10.2 Å². The first-order valence-corrected chi connectivity index (χ1v) is 8.63. The number of hydrogen-bond acceptors (Lipinski definition) is 4. The van der Waals surface area contributed by atoms with E-state index >= 15 is 0 Å². The summed E-state index contributed by atoms with van der Waals surface area (Å²) in [6.07, 6.45) is 1.85. The molecule has 0 saturated carbocycles. The molecule has 6 nitrogen and oxygen atoms in total. The smallest absolute Gasteiger partial charge is 0.230 e. The molecule has 1 aromatic carbocycles. The molecule has 1 aliphatic rings. The second kappa shape index (κ2) is 6.55. The summed E-state index contributed by atoms with van der Waals surface area (Å²) in [7, 11) is 0. The number of aromatic amines is 1. The molecule has 4 rings (SSSR count). The molecule has 128 valence electrons. The van der Waals surface area contributed by atoms with Gasteiger partial charge in [0.25, 0.3) is 0 Å². The number of carbonyl (C=O) groups is 1. The van der Waals surface area contributed by atoms with E-state index < -0.39 is 0 Å². The van der Waals surface area contributed by atoms with E-state index in [2.05, 4.69) is 25.2 Å². The number of nitrogens with one attached hydrogen (secondary N) is 2. The van der Waals surface area contributed by atoms with Gasteiger partial charge in [0.2, 0.25) is 11.9 Å². The number of piperidine rings is 1. The van der Waals surface area contributed by atoms with Gasteiger partial charge in [0, 0.05) is 18.8 Å². The van der Waals surface area contributed by atoms with Gasteiger partial charge >= 0.3 is 0 Å². The minimum atomic E-state index is -0.0655. The summed E-state index contributed by atoms with van der Waals surface area (Å²) in [5.41, 5.74) is 2.87. The van der Waals surface area contributed by atoms with E-state index in [1.807, 2.05) is 49.4 Å². The van der Waals surface area contributed by atoms with Crippen molar-refractivity contribution in [2.75, 3.05) is 23.3 Å². The van der Waals surface area contributed by atoms with Gasteiger partial charge in [-0.15, -0.1) is 0 Å². The monoisotopic (exact) mass is 335 g/mol. The first-order chi connectivity index (χ1) is 12.2. The molecule has 6 heteroatoms. The van der Waals surface area contributed by atoms with E-state index in [4.69, 9.17) is 0 Å². The number of nitrogens with zero attached hydrogens (tertiary/aromatic N) is 3. The SMILES string of the molecule is Cc1cccc(NC(=O)C2CCCN(c3nc4ccccc4[nH]3)C2)n1. The zero-order valence-electron chi connectivity index (χ0n) is 14.2. The molecular weight excluding hydrogens is 314 g/mol. The lowest BCUT2D eigenvalue weighted by Gasteiger charge is -2.31. The molecule has 1 aliphatic heterocycles. The molecule has 2 aromatic heterocycles. The van der Waals surface area contributed by atoms with Crippen molar-refractivity contribution < 1.29 is 4.79 Å². The highest BCUT2D eigenvalue weighted by Crippen LogP contribution is 2.24. The van der Waals surface area contributed by atoms with E-state index in [0.29, 0.717) is 12.4 Å². The van der Waals surface area contributed by atoms with Crippen LogP contribution in [0.5, 0.6) is 0 Å². The molecule has 1 saturated heterocycles. The Morgan fingerprint density at radius 1 is 1.20 bits per heavy atom. The molecule has 0 bridgehead atoms. The van der Waals surface area contributed by atoms with E-state index in [0.717, 1.165) is 42.1 Å². The Labute approximate surface area is 146 Å². The molecule has 2 N–H and O–H groups in total. The van der Waals surface area contributed by atoms with Gasteiger partial charge in [-0.3, -0.25) is 4.79 Å². The number of pyridine rings is 1. The predicted octanol–water partition coefficient (Wildman–Crippen LogP) is 3.12. The molecule has 1 amide bonds. The maximum atomic E-state index is 12.6. The van der Waals surface area contributed by atoms with Crippen molar-refractivity contribution in [3.8, 4) is 0 Å². The maximum absolute atomic E-state index is 12.6. The molecule has 3 heterocycles. The van der Waals surface area contributed by atoms with Gasteiger partial charge in [0.15, 0.2) is 0 Å². The first kappa shape index (κ1) is 15.6. The van der Waals surface area contributed by atoms with E-state index in [9.17, 15) is 4.79 Å². The highest BCUT2D eigenvalue weighted by Gasteiger charge is 2.27. The number of hydrogen-bond donors (Lipinski definition) is 2. The zero-order chi connectivity index (χ0) is 17.2. The summed E-state index contributed by atoms with van der Waals surface area (Å²) in [5.74, 6) is 1.42. The Balaban J connectivity index is 1.47. The number of para-hydroxylation sites is 2. The number of aryl methyl sites for hydroxylation is 1. The number of fused-ring (bicyclic) bond motifs is 1. The van der Waals surface area contributed by atoms with Gasteiger partial charge in [-0.2, -0.15) is 0 Å². The Kier molecular flexibility index (Phi) is 4.09. The first-order valence-electron chi connectivity index (χ1n) is 8.63. The summed E-state index contributed by atoms with van der Waals surface area (Å²) in [5, 5.41) is 2.94. The Hall–Kier alpha value is -2.89. The van der Waals surface area contributed by atoms with Crippen LogP contribution in [0.15, 0.2) is 42.5 Å². The van der Waals surface area contributed by atoms with Crippen LogP contribution in [0.4, 0.5) is 11.8 Å². The molecule has 0 aliphatic carbocycles. The van der Waals surface area contributed by atoms with Gasteiger partial charge in [-0.1, -0.05) is 18.2 Å². The number of imidazole rings is 1. The molecule has 1 unspecified atom stereocenters. The highest BCUT2D eigenvalue weighted by molar-refractivity contribution is 5.92. The van der Waals surface area contributed by atoms with Crippen molar-refractivity contribution in [3.63, 3.8) is 0 Å². The van der Waals surface area contributed by atoms with E-state index in [-0.39, 0.29) is 11.8 Å². The minimum Gasteiger partial charge on any atom is -0.342 e. The second-order valence-electron chi connectivity index (χ2n) is 6.52. The topological polar surface area (TPSA) is 73.9 Å². The third kappa shape index (κ3) is 3.33. The fourth-order valence-electron chi connectivity index (χ4n) is 3.31. The third-order valence-corrected chi connectivity index (χ3v) is 4.61. The van der Waals surface area contributed by atoms with E-state index in [1.54, 1.807) is 0 Å². The third-order valence-electron chi connectivity index (χ3n) is 4.61. The number of anilines is 2. The molecule has 1 atom stereocenters. The Bertz CT molecular complexity index is 870. The van der Waals surface area contributed by atoms with Gasteiger partial charge in [0.1, 0.15) is 5.82 Å². The Morgan fingerprint density at radius 3 is 2.92 bits per heavy atom. The van der Waals surface area contributed by atoms with Crippen LogP contribution in [-0.4, -0.2) is 33.9 Å². The standard InChI is InChI=1S/C19H21N5O/c1-13-6-4-10-17(20-13)23-18(25)14-7-5-11-24(12-14)19-21-15-8-2-3-9-16(15)22-19/h2-4,6,8-10,14H,5,7,11-12H2,1H3,(H,21,22)(H,20,23,25). The molecule has 25 heavy (non-hydrogen) atoms. The minimum absolute atomic E-state index is 0.0268. The number of H-pyrrole nitrogens is 1. The zero-order valence-corrected chi connectivity index (χ0v) is 14.2. The highest BCUT2D eigenvalue weighted by atomic mass is 16.2. The number of rotatable bonds is 3. The van der Waals surface area contributed by atoms with Crippen molar-refractivity contribution >= 4 is 28.7 Å². The lowest BCUT2D eigenvalue weighted by molar-refractivity contribution is -0.120. The number of carbonyl (C=O) groups excluding carboxylic acids is 1. The van der Waals surface area contributed by atoms with Gasteiger partial charge in [-0.25, -0.2) is 9.97 Å². The lowest BCUT2D eigenvalue weighted by atomic mass is 9.97. The quantitative estimate of drug-likeness (QED) is 0.771. The average Bonchev–Trinajstić information content (AvgIpc) is 3.06. The normalized spacial score (nSPS) is 17.6. The van der Waals surface area contributed by atoms with Crippen molar-refractivity contribution in [1.82, 2.24) is 15.0 Å². The van der Waals surface area contributed by atoms with Crippen LogP contribution in [0.3, 0.4) is 0 Å². The number of aromatic nitrogens is 3. The van der Waals surface area contributed by atoms with Crippen molar-refractivity contribution in [2.24, 2.45) is 5.92 Å². The van der Waals surface area contributed by atoms with Crippen LogP contribution in [0, 0.1) is 12.8 Å². The van der Waals surface area contributed by atoms with Crippen LogP contribution in [0.1, 0.15) is 18.5 Å².